The van der Waals surface area contributed by atoms with Crippen molar-refractivity contribution in [1.29, 1.82) is 0 Å². The third-order valence-corrected chi connectivity index (χ3v) is 6.94. The van der Waals surface area contributed by atoms with E-state index in [-0.39, 0.29) is 18.0 Å². The lowest BCUT2D eigenvalue weighted by Gasteiger charge is -2.20. The second-order valence-corrected chi connectivity index (χ2v) is 10.0. The van der Waals surface area contributed by atoms with E-state index in [4.69, 9.17) is 4.74 Å². The Kier molecular flexibility index (Phi) is 8.75. The van der Waals surface area contributed by atoms with Gasteiger partial charge < -0.3 is 4.74 Å². The molecule has 0 heterocycles. The second-order valence-electron chi connectivity index (χ2n) is 7.66. The number of carbonyl (C=O) groups excluding carboxylic acids is 1. The maximum Gasteiger partial charge on any atom is 0.165 e. The summed E-state index contributed by atoms with van der Waals surface area (Å²) in [6.45, 7) is 9.21. The normalized spacial score (nSPS) is 14.2. The Morgan fingerprint density at radius 3 is 2.17 bits per heavy atom. The van der Waals surface area contributed by atoms with Crippen molar-refractivity contribution in [3.05, 3.63) is 95.6 Å². The van der Waals surface area contributed by atoms with Gasteiger partial charge in [0.2, 0.25) is 0 Å². The zero-order valence-electron chi connectivity index (χ0n) is 17.9. The number of ether oxygens (including phenoxy) is 1. The minimum Gasteiger partial charge on any atom is -0.369 e. The summed E-state index contributed by atoms with van der Waals surface area (Å²) in [7, 11) is -3.35. The van der Waals surface area contributed by atoms with Crippen molar-refractivity contribution in [3.63, 3.8) is 0 Å². The topological polar surface area (TPSA) is 60.4 Å². The highest BCUT2D eigenvalue weighted by Gasteiger charge is 2.23. The highest BCUT2D eigenvalue weighted by atomic mass is 32.2. The minimum atomic E-state index is -3.35. The van der Waals surface area contributed by atoms with E-state index in [1.54, 1.807) is 32.1 Å². The molecule has 0 amide bonds. The molecule has 0 fully saturated rings. The fraction of sp³-hybridized carbons (Fsp3) is 0.320. The fourth-order valence-corrected chi connectivity index (χ4v) is 4.46. The molecule has 0 aliphatic carbocycles. The van der Waals surface area contributed by atoms with Crippen molar-refractivity contribution in [2.45, 2.75) is 45.2 Å². The number of rotatable bonds is 11. The first kappa shape index (κ1) is 23.8. The Labute approximate surface area is 180 Å². The molecule has 5 heteroatoms. The van der Waals surface area contributed by atoms with Gasteiger partial charge in [0.25, 0.3) is 0 Å². The molecule has 0 N–H and O–H groups in total. The van der Waals surface area contributed by atoms with Crippen molar-refractivity contribution >= 4 is 15.6 Å². The van der Waals surface area contributed by atoms with Crippen LogP contribution >= 0.6 is 0 Å². The van der Waals surface area contributed by atoms with E-state index < -0.39 is 21.2 Å². The number of hydrogen-bond donors (Lipinski definition) is 0. The predicted octanol–water partition coefficient (Wildman–Crippen LogP) is 5.17. The number of ketones is 1. The van der Waals surface area contributed by atoms with Crippen LogP contribution in [-0.2, 0) is 21.2 Å². The quantitative estimate of drug-likeness (QED) is 0.367. The van der Waals surface area contributed by atoms with E-state index in [0.717, 1.165) is 11.1 Å². The second kappa shape index (κ2) is 11.0. The van der Waals surface area contributed by atoms with Crippen LogP contribution < -0.4 is 0 Å². The Morgan fingerprint density at radius 2 is 1.60 bits per heavy atom. The SMILES string of the molecule is C=C(C)CS(=O)(=O)[C@H](C)/C=C(/C)[C@H](CC(=O)c1ccccc1)OCc1ccccc1. The first-order valence-electron chi connectivity index (χ1n) is 9.97. The summed E-state index contributed by atoms with van der Waals surface area (Å²) in [6, 6.07) is 18.7. The van der Waals surface area contributed by atoms with Gasteiger partial charge in [-0.2, -0.15) is 0 Å². The number of carbonyl (C=O) groups is 1. The van der Waals surface area contributed by atoms with Crippen LogP contribution in [0.2, 0.25) is 0 Å². The molecule has 0 aliphatic heterocycles. The fourth-order valence-electron chi connectivity index (χ4n) is 3.09. The zero-order valence-corrected chi connectivity index (χ0v) is 18.7. The van der Waals surface area contributed by atoms with Gasteiger partial charge >= 0.3 is 0 Å². The lowest BCUT2D eigenvalue weighted by atomic mass is 10.00. The van der Waals surface area contributed by atoms with Crippen molar-refractivity contribution in [1.82, 2.24) is 0 Å². The van der Waals surface area contributed by atoms with Gasteiger partial charge in [-0.15, -0.1) is 0 Å². The molecule has 0 spiro atoms. The molecule has 0 saturated carbocycles. The molecule has 2 aromatic rings. The molecular formula is C25H30O4S. The Morgan fingerprint density at radius 1 is 1.03 bits per heavy atom. The number of Topliss-reactive ketones (excluding diaryl/α,β-unsaturated/α-hetero) is 1. The maximum atomic E-state index is 12.8. The summed E-state index contributed by atoms with van der Waals surface area (Å²) in [5.41, 5.74) is 2.93. The summed E-state index contributed by atoms with van der Waals surface area (Å²) in [6.07, 6.45) is 1.32. The standard InChI is InChI=1S/C25H30O4S/c1-19(2)18-30(27,28)21(4)15-20(3)25(29-17-22-11-7-5-8-12-22)16-24(26)23-13-9-6-10-14-23/h5-15,21,25H,1,16-18H2,2-4H3/b20-15-/t21-,25+/m1/s1. The van der Waals surface area contributed by atoms with Gasteiger partial charge in [0.1, 0.15) is 0 Å². The lowest BCUT2D eigenvalue weighted by Crippen LogP contribution is -2.24. The van der Waals surface area contributed by atoms with E-state index in [9.17, 15) is 13.2 Å². The average molecular weight is 427 g/mol. The third kappa shape index (κ3) is 7.39. The molecule has 0 aromatic heterocycles. The van der Waals surface area contributed by atoms with Gasteiger partial charge in [-0.05, 0) is 31.9 Å². The molecule has 0 unspecified atom stereocenters. The zero-order chi connectivity index (χ0) is 22.1. The van der Waals surface area contributed by atoms with Crippen molar-refractivity contribution < 1.29 is 17.9 Å². The summed E-state index contributed by atoms with van der Waals surface area (Å²) in [4.78, 5) is 12.8. The largest absolute Gasteiger partial charge is 0.369 e. The van der Waals surface area contributed by atoms with Crippen molar-refractivity contribution in [2.24, 2.45) is 0 Å². The van der Waals surface area contributed by atoms with Gasteiger partial charge in [0.05, 0.1) is 23.7 Å². The number of benzene rings is 2. The van der Waals surface area contributed by atoms with E-state index in [1.807, 2.05) is 55.5 Å². The van der Waals surface area contributed by atoms with Crippen LogP contribution in [0, 0.1) is 0 Å². The summed E-state index contributed by atoms with van der Waals surface area (Å²) in [5, 5.41) is -0.691. The molecule has 0 aliphatic rings. The first-order valence-corrected chi connectivity index (χ1v) is 11.7. The first-order chi connectivity index (χ1) is 14.2. The molecule has 0 radical (unpaired) electrons. The van der Waals surface area contributed by atoms with Gasteiger partial charge in [-0.25, -0.2) is 8.42 Å². The maximum absolute atomic E-state index is 12.8. The smallest absolute Gasteiger partial charge is 0.165 e. The minimum absolute atomic E-state index is 0.0427. The van der Waals surface area contributed by atoms with Gasteiger partial charge in [0, 0.05) is 12.0 Å². The number of hydrogen-bond acceptors (Lipinski definition) is 4. The summed E-state index contributed by atoms with van der Waals surface area (Å²) < 4.78 is 31.1. The molecule has 4 nitrogen and oxygen atoms in total. The average Bonchev–Trinajstić information content (AvgIpc) is 2.71. The Balaban J connectivity index is 2.22. The number of sulfone groups is 1. The van der Waals surface area contributed by atoms with Crippen LogP contribution in [0.5, 0.6) is 0 Å². The Bertz CT molecular complexity index is 976. The Hall–Kier alpha value is -2.50. The van der Waals surface area contributed by atoms with Crippen LogP contribution in [0.25, 0.3) is 0 Å². The van der Waals surface area contributed by atoms with Crippen LogP contribution in [0.3, 0.4) is 0 Å². The van der Waals surface area contributed by atoms with Crippen molar-refractivity contribution in [3.8, 4) is 0 Å². The van der Waals surface area contributed by atoms with Gasteiger partial charge in [-0.1, -0.05) is 78.9 Å². The molecule has 2 rings (SSSR count). The highest BCUT2D eigenvalue weighted by Crippen LogP contribution is 2.19. The summed E-state index contributed by atoms with van der Waals surface area (Å²) >= 11 is 0. The predicted molar refractivity (Wildman–Crippen MR) is 122 cm³/mol. The monoisotopic (exact) mass is 426 g/mol. The highest BCUT2D eigenvalue weighted by molar-refractivity contribution is 7.92. The van der Waals surface area contributed by atoms with Crippen molar-refractivity contribution in [2.75, 3.05) is 5.75 Å². The molecule has 2 aromatic carbocycles. The van der Waals surface area contributed by atoms with E-state index in [0.29, 0.717) is 17.7 Å². The molecule has 2 atom stereocenters. The molecule has 0 bridgehead atoms. The molecule has 0 saturated heterocycles. The summed E-state index contributed by atoms with van der Waals surface area (Å²) in [5.74, 6) is -0.102. The van der Waals surface area contributed by atoms with Crippen LogP contribution in [0.1, 0.15) is 43.1 Å². The molecular weight excluding hydrogens is 396 g/mol. The van der Waals surface area contributed by atoms with Crippen LogP contribution in [0.15, 0.2) is 84.5 Å². The van der Waals surface area contributed by atoms with E-state index in [1.165, 1.54) is 0 Å². The van der Waals surface area contributed by atoms with E-state index >= 15 is 0 Å². The lowest BCUT2D eigenvalue weighted by molar-refractivity contribution is 0.0530. The van der Waals surface area contributed by atoms with Crippen LogP contribution in [-0.4, -0.2) is 31.3 Å². The third-order valence-electron chi connectivity index (χ3n) is 4.78. The molecule has 30 heavy (non-hydrogen) atoms. The van der Waals surface area contributed by atoms with Crippen LogP contribution in [0.4, 0.5) is 0 Å². The van der Waals surface area contributed by atoms with Gasteiger partial charge in [0.15, 0.2) is 15.6 Å². The van der Waals surface area contributed by atoms with E-state index in [2.05, 4.69) is 6.58 Å². The van der Waals surface area contributed by atoms with Gasteiger partial charge in [-0.3, -0.25) is 4.79 Å². The molecule has 160 valence electrons.